The molecule has 86 valence electrons. The van der Waals surface area contributed by atoms with Crippen molar-refractivity contribution in [1.29, 1.82) is 0 Å². The molecule has 0 bridgehead atoms. The van der Waals surface area contributed by atoms with Crippen molar-refractivity contribution < 1.29 is 9.18 Å². The number of halogens is 2. The highest BCUT2D eigenvalue weighted by atomic mass is 79.9. The van der Waals surface area contributed by atoms with E-state index in [0.717, 1.165) is 0 Å². The van der Waals surface area contributed by atoms with Gasteiger partial charge in [0.15, 0.2) is 0 Å². The third-order valence-corrected chi connectivity index (χ3v) is 2.81. The molecule has 1 amide bonds. The largest absolute Gasteiger partial charge is 0.335 e. The smallest absolute Gasteiger partial charge is 0.257 e. The van der Waals surface area contributed by atoms with Crippen LogP contribution in [0, 0.1) is 5.82 Å². The van der Waals surface area contributed by atoms with Gasteiger partial charge in [-0.2, -0.15) is 0 Å². The molecule has 0 aliphatic carbocycles. The number of likely N-dealkylation sites (N-methyl/N-ethyl adjacent to an activating group) is 1. The van der Waals surface area contributed by atoms with E-state index >= 15 is 0 Å². The van der Waals surface area contributed by atoms with Gasteiger partial charge in [-0.1, -0.05) is 12.1 Å². The maximum absolute atomic E-state index is 13.7. The average Bonchev–Trinajstić information content (AvgIpc) is 2.29. The summed E-state index contributed by atoms with van der Waals surface area (Å²) in [5.41, 5.74) is 0.0816. The fraction of sp³-hybridized carbons (Fsp3) is 0.250. The summed E-state index contributed by atoms with van der Waals surface area (Å²) in [6.07, 6.45) is 1.62. The second kappa shape index (κ2) is 5.80. The molecule has 1 rings (SSSR count). The topological polar surface area (TPSA) is 20.3 Å². The van der Waals surface area contributed by atoms with E-state index in [1.807, 2.05) is 6.92 Å². The Kier molecular flexibility index (Phi) is 4.68. The Morgan fingerprint density at radius 3 is 2.88 bits per heavy atom. The van der Waals surface area contributed by atoms with Gasteiger partial charge in [0.1, 0.15) is 5.82 Å². The summed E-state index contributed by atoms with van der Waals surface area (Å²) in [5, 5.41) is 0. The summed E-state index contributed by atoms with van der Waals surface area (Å²) in [5.74, 6) is -0.837. The second-order valence-corrected chi connectivity index (χ2v) is 4.09. The number of carbonyl (C=O) groups excluding carboxylic acids is 1. The predicted octanol–water partition coefficient (Wildman–Crippen LogP) is 3.24. The van der Waals surface area contributed by atoms with Gasteiger partial charge in [-0.3, -0.25) is 4.79 Å². The summed E-state index contributed by atoms with van der Waals surface area (Å²) < 4.78 is 14.0. The van der Waals surface area contributed by atoms with E-state index in [0.29, 0.717) is 17.6 Å². The Balaban J connectivity index is 3.03. The van der Waals surface area contributed by atoms with E-state index < -0.39 is 5.82 Å². The van der Waals surface area contributed by atoms with Gasteiger partial charge < -0.3 is 4.90 Å². The molecule has 1 aromatic carbocycles. The Morgan fingerprint density at radius 2 is 2.31 bits per heavy atom. The minimum Gasteiger partial charge on any atom is -0.335 e. The van der Waals surface area contributed by atoms with Crippen LogP contribution in [-0.2, 0) is 0 Å². The van der Waals surface area contributed by atoms with Crippen molar-refractivity contribution in [3.8, 4) is 0 Å². The number of benzene rings is 1. The summed E-state index contributed by atoms with van der Waals surface area (Å²) in [6, 6.07) is 4.69. The van der Waals surface area contributed by atoms with Gasteiger partial charge in [0.25, 0.3) is 5.91 Å². The van der Waals surface area contributed by atoms with E-state index in [9.17, 15) is 9.18 Å². The number of rotatable bonds is 4. The SMILES string of the molecule is C=CCN(CC)C(=O)c1cccc(Br)c1F. The monoisotopic (exact) mass is 285 g/mol. The van der Waals surface area contributed by atoms with Gasteiger partial charge in [-0.05, 0) is 35.0 Å². The zero-order valence-electron chi connectivity index (χ0n) is 9.04. The van der Waals surface area contributed by atoms with Crippen LogP contribution in [0.2, 0.25) is 0 Å². The van der Waals surface area contributed by atoms with Gasteiger partial charge in [-0.15, -0.1) is 6.58 Å². The molecule has 0 N–H and O–H groups in total. The predicted molar refractivity (Wildman–Crippen MR) is 65.9 cm³/mol. The number of carbonyl (C=O) groups is 1. The van der Waals surface area contributed by atoms with Crippen molar-refractivity contribution in [2.24, 2.45) is 0 Å². The molecule has 0 spiro atoms. The van der Waals surface area contributed by atoms with E-state index in [2.05, 4.69) is 22.5 Å². The lowest BCUT2D eigenvalue weighted by Gasteiger charge is -2.19. The van der Waals surface area contributed by atoms with Crippen LogP contribution in [-0.4, -0.2) is 23.9 Å². The van der Waals surface area contributed by atoms with Crippen molar-refractivity contribution in [3.05, 3.63) is 46.7 Å². The molecule has 0 aromatic heterocycles. The van der Waals surface area contributed by atoms with Crippen molar-refractivity contribution >= 4 is 21.8 Å². The summed E-state index contributed by atoms with van der Waals surface area (Å²) in [6.45, 7) is 6.35. The standard InChI is InChI=1S/C12H13BrFNO/c1-3-8-15(4-2)12(16)9-6-5-7-10(13)11(9)14/h3,5-7H,1,4,8H2,2H3. The van der Waals surface area contributed by atoms with E-state index in [1.165, 1.54) is 11.0 Å². The number of hydrogen-bond donors (Lipinski definition) is 0. The highest BCUT2D eigenvalue weighted by Crippen LogP contribution is 2.19. The Morgan fingerprint density at radius 1 is 1.62 bits per heavy atom. The molecule has 0 atom stereocenters. The Hall–Kier alpha value is -1.16. The average molecular weight is 286 g/mol. The van der Waals surface area contributed by atoms with Crippen molar-refractivity contribution in [2.75, 3.05) is 13.1 Å². The fourth-order valence-corrected chi connectivity index (χ4v) is 1.72. The molecule has 0 aliphatic rings. The molecule has 0 saturated carbocycles. The van der Waals surface area contributed by atoms with Crippen LogP contribution in [0.1, 0.15) is 17.3 Å². The lowest BCUT2D eigenvalue weighted by Crippen LogP contribution is -2.31. The van der Waals surface area contributed by atoms with Crippen LogP contribution >= 0.6 is 15.9 Å². The second-order valence-electron chi connectivity index (χ2n) is 3.23. The summed E-state index contributed by atoms with van der Waals surface area (Å²) >= 11 is 3.06. The van der Waals surface area contributed by atoms with Gasteiger partial charge in [0.05, 0.1) is 10.0 Å². The first-order chi connectivity index (χ1) is 7.61. The van der Waals surface area contributed by atoms with Crippen LogP contribution in [0.25, 0.3) is 0 Å². The number of amides is 1. The van der Waals surface area contributed by atoms with Crippen LogP contribution in [0.15, 0.2) is 35.3 Å². The minimum absolute atomic E-state index is 0.0816. The Labute approximate surface area is 103 Å². The lowest BCUT2D eigenvalue weighted by molar-refractivity contribution is 0.0777. The third-order valence-electron chi connectivity index (χ3n) is 2.20. The zero-order chi connectivity index (χ0) is 12.1. The van der Waals surface area contributed by atoms with Gasteiger partial charge >= 0.3 is 0 Å². The molecule has 0 fully saturated rings. The lowest BCUT2D eigenvalue weighted by atomic mass is 10.2. The van der Waals surface area contributed by atoms with Crippen LogP contribution in [0.5, 0.6) is 0 Å². The third kappa shape index (κ3) is 2.70. The van der Waals surface area contributed by atoms with Crippen molar-refractivity contribution in [3.63, 3.8) is 0 Å². The van der Waals surface area contributed by atoms with Crippen molar-refractivity contribution in [1.82, 2.24) is 4.90 Å². The first-order valence-corrected chi connectivity index (χ1v) is 5.75. The maximum Gasteiger partial charge on any atom is 0.257 e. The first kappa shape index (κ1) is 12.9. The van der Waals surface area contributed by atoms with Gasteiger partial charge in [0, 0.05) is 13.1 Å². The highest BCUT2D eigenvalue weighted by Gasteiger charge is 2.18. The molecule has 0 unspecified atom stereocenters. The van der Waals surface area contributed by atoms with Crippen LogP contribution in [0.3, 0.4) is 0 Å². The maximum atomic E-state index is 13.7. The number of hydrogen-bond acceptors (Lipinski definition) is 1. The van der Waals surface area contributed by atoms with E-state index in [-0.39, 0.29) is 11.5 Å². The molecule has 0 aliphatic heterocycles. The number of nitrogens with zero attached hydrogens (tertiary/aromatic N) is 1. The van der Waals surface area contributed by atoms with Crippen molar-refractivity contribution in [2.45, 2.75) is 6.92 Å². The fourth-order valence-electron chi connectivity index (χ4n) is 1.35. The summed E-state index contributed by atoms with van der Waals surface area (Å²) in [4.78, 5) is 13.5. The van der Waals surface area contributed by atoms with Gasteiger partial charge in [-0.25, -0.2) is 4.39 Å². The molecular weight excluding hydrogens is 273 g/mol. The molecule has 0 heterocycles. The van der Waals surface area contributed by atoms with E-state index in [4.69, 9.17) is 0 Å². The first-order valence-electron chi connectivity index (χ1n) is 4.96. The van der Waals surface area contributed by atoms with E-state index in [1.54, 1.807) is 18.2 Å². The van der Waals surface area contributed by atoms with Gasteiger partial charge in [0.2, 0.25) is 0 Å². The molecule has 0 saturated heterocycles. The molecule has 1 aromatic rings. The molecule has 2 nitrogen and oxygen atoms in total. The highest BCUT2D eigenvalue weighted by molar-refractivity contribution is 9.10. The van der Waals surface area contributed by atoms with Crippen LogP contribution < -0.4 is 0 Å². The molecule has 4 heteroatoms. The van der Waals surface area contributed by atoms with Crippen LogP contribution in [0.4, 0.5) is 4.39 Å². The minimum atomic E-state index is -0.519. The Bertz CT molecular complexity index is 406. The summed E-state index contributed by atoms with van der Waals surface area (Å²) in [7, 11) is 0. The molecule has 16 heavy (non-hydrogen) atoms. The normalized spacial score (nSPS) is 9.94. The molecular formula is C12H13BrFNO. The molecule has 0 radical (unpaired) electrons. The zero-order valence-corrected chi connectivity index (χ0v) is 10.6. The quantitative estimate of drug-likeness (QED) is 0.778.